The Morgan fingerprint density at radius 2 is 0.880 bits per heavy atom. The van der Waals surface area contributed by atoms with Crippen LogP contribution in [0.3, 0.4) is 0 Å². The molecule has 0 heterocycles. The first-order valence-corrected chi connectivity index (χ1v) is 26.4. The monoisotopic (exact) mass is 800 g/mol. The fourth-order valence-corrected chi connectivity index (χ4v) is 6.26. The zero-order valence-corrected chi connectivity index (χ0v) is 37.1. The predicted molar refractivity (Wildman–Crippen MR) is 225 cm³/mol. The van der Waals surface area contributed by atoms with Crippen LogP contribution in [0.4, 0.5) is 0 Å². The number of hydrogen-bond acceptors (Lipinski definition) is 0. The number of fused-ring (bicyclic) bond motifs is 2. The van der Waals surface area contributed by atoms with Crippen LogP contribution in [-0.4, -0.2) is 15.4 Å². The van der Waals surface area contributed by atoms with Gasteiger partial charge in [0.1, 0.15) is 0 Å². The number of rotatable bonds is 6. The molecule has 0 unspecified atom stereocenters. The van der Waals surface area contributed by atoms with Crippen LogP contribution in [0.15, 0.2) is 109 Å². The van der Waals surface area contributed by atoms with Crippen LogP contribution in [0.1, 0.15) is 90.5 Å². The molecule has 6 aromatic rings. The number of hydrogen-bond donors (Lipinski definition) is 0. The molecule has 50 heavy (non-hydrogen) atoms. The topological polar surface area (TPSA) is 0 Å². The van der Waals surface area contributed by atoms with Gasteiger partial charge in [-0.1, -0.05) is 140 Å². The molecule has 6 aromatic carbocycles. The molecule has 0 aliphatic carbocycles. The van der Waals surface area contributed by atoms with Crippen LogP contribution in [-0.2, 0) is 40.7 Å². The summed E-state index contributed by atoms with van der Waals surface area (Å²) in [5.41, 5.74) is 11.4. The summed E-state index contributed by atoms with van der Waals surface area (Å²) in [5.74, 6) is 4.50. The summed E-state index contributed by atoms with van der Waals surface area (Å²) in [6.45, 7) is 18.0. The van der Waals surface area contributed by atoms with E-state index in [0.29, 0.717) is 15.4 Å². The van der Waals surface area contributed by atoms with E-state index in [-0.39, 0.29) is 10.8 Å². The van der Waals surface area contributed by atoms with Crippen molar-refractivity contribution in [1.82, 2.24) is 0 Å². The van der Waals surface area contributed by atoms with Crippen LogP contribution in [0.5, 0.6) is 0 Å². The molecule has 0 bridgehead atoms. The molecule has 0 atom stereocenters. The van der Waals surface area contributed by atoms with Gasteiger partial charge in [-0.25, -0.2) is 0 Å². The first kappa shape index (κ1) is 42.4. The second-order valence-corrected chi connectivity index (χ2v) is 19.7. The molecule has 2 radical (unpaired) electrons. The molecule has 6 rings (SSSR count). The summed E-state index contributed by atoms with van der Waals surface area (Å²) in [6, 6.07) is 40.8. The Morgan fingerprint density at radius 1 is 0.560 bits per heavy atom. The molecule has 0 spiro atoms. The van der Waals surface area contributed by atoms with Gasteiger partial charge in [0.05, 0.1) is 0 Å². The first-order valence-electron chi connectivity index (χ1n) is 17.9. The third-order valence-electron chi connectivity index (χ3n) is 8.82. The fraction of sp³-hybridized carbons (Fsp3) is 0.348. The molecule has 0 fully saturated rings. The fourth-order valence-electron chi connectivity index (χ4n) is 6.26. The Hall–Kier alpha value is -2.06. The molecule has 0 aromatic heterocycles. The van der Waals surface area contributed by atoms with Crippen molar-refractivity contribution in [3.63, 3.8) is 0 Å². The summed E-state index contributed by atoms with van der Waals surface area (Å²) in [7, 11) is 9.78. The van der Waals surface area contributed by atoms with Gasteiger partial charge in [-0.3, -0.25) is 0 Å². The molecule has 0 saturated heterocycles. The Bertz CT molecular complexity index is 1720. The van der Waals surface area contributed by atoms with Crippen LogP contribution in [0.2, 0.25) is 11.5 Å². The van der Waals surface area contributed by atoms with Crippen molar-refractivity contribution in [3.8, 4) is 22.3 Å². The van der Waals surface area contributed by atoms with Gasteiger partial charge in [-0.2, -0.15) is 12.1 Å². The molecule has 0 N–H and O–H groups in total. The maximum absolute atomic E-state index is 4.89. The van der Waals surface area contributed by atoms with Gasteiger partial charge >= 0.3 is 62.6 Å². The van der Waals surface area contributed by atoms with Gasteiger partial charge in [0.15, 0.2) is 0 Å². The second-order valence-electron chi connectivity index (χ2n) is 15.1. The predicted octanol–water partition coefficient (Wildman–Crippen LogP) is 15.1. The van der Waals surface area contributed by atoms with Crippen molar-refractivity contribution < 1.29 is 17.0 Å². The Balaban J connectivity index is 0.000000234. The molecule has 0 aliphatic rings. The van der Waals surface area contributed by atoms with Crippen LogP contribution >= 0.6 is 18.6 Å². The molecular weight excluding hydrogens is 744 g/mol. The molecule has 0 aliphatic heterocycles. The van der Waals surface area contributed by atoms with E-state index in [2.05, 4.69) is 176 Å². The summed E-state index contributed by atoms with van der Waals surface area (Å²) in [6.07, 6.45) is 4.73. The van der Waals surface area contributed by atoms with Gasteiger partial charge < -0.3 is 0 Å². The average molecular weight is 800 g/mol. The average Bonchev–Trinajstić information content (AvgIpc) is 3.69. The Kier molecular flexibility index (Phi) is 17.2. The standard InChI is InChI=1S/2C22H25.C2H6Ge.2ClH.Ti/c2*1-5-7-16-14-18-8-6-9-20(21(18)15-16)17-10-12-19(13-11-17)22(2,3)4;1-3-2;;;/h2*6,8-15H,5,7H2,1-4H3;1-2H3;2*1H;/q2*-1;;;;+2/p-2. The molecule has 0 amide bonds. The third kappa shape index (κ3) is 12.0. The first-order chi connectivity index (χ1) is 23.8. The number of aryl methyl sites for hydroxylation is 2. The van der Waals surface area contributed by atoms with Crippen molar-refractivity contribution in [3.05, 3.63) is 131 Å². The zero-order chi connectivity index (χ0) is 36.9. The number of benzene rings is 4. The summed E-state index contributed by atoms with van der Waals surface area (Å²) < 4.78 is 0. The van der Waals surface area contributed by atoms with Gasteiger partial charge in [-0.15, -0.1) is 69.1 Å². The molecular formula is C46H56Cl2GeTi-2. The summed E-state index contributed by atoms with van der Waals surface area (Å²) in [5, 5.41) is 5.49. The maximum atomic E-state index is 4.89. The van der Waals surface area contributed by atoms with Crippen LogP contribution < -0.4 is 0 Å². The van der Waals surface area contributed by atoms with Crippen LogP contribution in [0, 0.1) is 0 Å². The third-order valence-corrected chi connectivity index (χ3v) is 8.82. The van der Waals surface area contributed by atoms with Gasteiger partial charge in [0.2, 0.25) is 0 Å². The Morgan fingerprint density at radius 3 is 1.16 bits per heavy atom. The van der Waals surface area contributed by atoms with Gasteiger partial charge in [-0.05, 0) is 45.9 Å². The van der Waals surface area contributed by atoms with Crippen LogP contribution in [0.25, 0.3) is 43.8 Å². The van der Waals surface area contributed by atoms with Crippen molar-refractivity contribution >= 4 is 55.6 Å². The van der Waals surface area contributed by atoms with E-state index in [1.807, 2.05) is 0 Å². The van der Waals surface area contributed by atoms with E-state index in [1.165, 1.54) is 78.9 Å². The van der Waals surface area contributed by atoms with Crippen molar-refractivity contribution in [2.45, 2.75) is 103 Å². The number of halogens is 2. The van der Waals surface area contributed by atoms with E-state index >= 15 is 0 Å². The molecule has 0 nitrogen and oxygen atoms in total. The zero-order valence-electron chi connectivity index (χ0n) is 32.0. The van der Waals surface area contributed by atoms with Crippen molar-refractivity contribution in [2.75, 3.05) is 0 Å². The molecule has 4 heteroatoms. The van der Waals surface area contributed by atoms with E-state index in [1.54, 1.807) is 0 Å². The molecule has 264 valence electrons. The van der Waals surface area contributed by atoms with E-state index in [9.17, 15) is 0 Å². The Labute approximate surface area is 327 Å². The van der Waals surface area contributed by atoms with E-state index < -0.39 is 17.0 Å². The molecule has 0 saturated carbocycles. The van der Waals surface area contributed by atoms with Gasteiger partial charge in [0.25, 0.3) is 0 Å². The van der Waals surface area contributed by atoms with Crippen molar-refractivity contribution in [2.24, 2.45) is 0 Å². The van der Waals surface area contributed by atoms with Gasteiger partial charge in [0, 0.05) is 0 Å². The quantitative estimate of drug-likeness (QED) is 0.116. The van der Waals surface area contributed by atoms with E-state index in [0.717, 1.165) is 12.8 Å². The summed E-state index contributed by atoms with van der Waals surface area (Å²) in [4.78, 5) is 0. The minimum atomic E-state index is -0.556. The second kappa shape index (κ2) is 20.3. The minimum absolute atomic E-state index is 0.207. The normalized spacial score (nSPS) is 11.2. The van der Waals surface area contributed by atoms with Crippen molar-refractivity contribution in [1.29, 1.82) is 0 Å². The van der Waals surface area contributed by atoms with E-state index in [4.69, 9.17) is 18.6 Å². The SMILES string of the molecule is CCCc1cc2c(-c3ccc(C(C)(C)C)cc3)cccc2[cH-]1.CCCc1cc2c(-c3ccc(C(C)(C)C)cc3)cccc2[cH-]1.[CH3][Ge][CH3].[Cl][Ti][Cl]. The summed E-state index contributed by atoms with van der Waals surface area (Å²) >= 11 is -0.0556.